The predicted octanol–water partition coefficient (Wildman–Crippen LogP) is -0.194. The molecule has 1 heterocycles. The summed E-state index contributed by atoms with van der Waals surface area (Å²) >= 11 is 0. The lowest BCUT2D eigenvalue weighted by Gasteiger charge is -2.35. The van der Waals surface area contributed by atoms with E-state index in [1.165, 1.54) is 0 Å². The Bertz CT molecular complexity index is 445. The molecule has 1 aliphatic carbocycles. The molecule has 0 aromatic carbocycles. The van der Waals surface area contributed by atoms with E-state index in [1.54, 1.807) is 0 Å². The molecule has 2 rings (SSSR count). The van der Waals surface area contributed by atoms with Gasteiger partial charge in [0.05, 0.1) is 12.1 Å². The predicted molar refractivity (Wildman–Crippen MR) is 58.3 cm³/mol. The average molecular weight is 227 g/mol. The van der Waals surface area contributed by atoms with Gasteiger partial charge < -0.3 is 5.11 Å². The van der Waals surface area contributed by atoms with Crippen LogP contribution in [0.5, 0.6) is 0 Å². The summed E-state index contributed by atoms with van der Waals surface area (Å²) in [4.78, 5) is 22.6. The SMILES string of the molecule is CC1CCCC(O)(Cn2c(=O)[nH][nH]c2=O)C1. The highest BCUT2D eigenvalue weighted by molar-refractivity contribution is 4.86. The van der Waals surface area contributed by atoms with Gasteiger partial charge in [-0.2, -0.15) is 0 Å². The molecule has 1 aromatic heterocycles. The first-order chi connectivity index (χ1) is 7.50. The Kier molecular flexibility index (Phi) is 2.75. The minimum absolute atomic E-state index is 0.0784. The van der Waals surface area contributed by atoms with E-state index < -0.39 is 17.0 Å². The second-order valence-electron chi connectivity index (χ2n) is 4.87. The van der Waals surface area contributed by atoms with E-state index in [1.807, 2.05) is 0 Å². The van der Waals surface area contributed by atoms with Crippen molar-refractivity contribution in [2.75, 3.05) is 0 Å². The molecule has 1 fully saturated rings. The van der Waals surface area contributed by atoms with Crippen molar-refractivity contribution >= 4 is 0 Å². The van der Waals surface area contributed by atoms with E-state index in [-0.39, 0.29) is 6.54 Å². The molecule has 0 spiro atoms. The molecule has 0 amide bonds. The van der Waals surface area contributed by atoms with Crippen LogP contribution in [-0.2, 0) is 6.54 Å². The molecule has 0 saturated heterocycles. The number of aliphatic hydroxyl groups is 1. The van der Waals surface area contributed by atoms with Gasteiger partial charge in [0, 0.05) is 0 Å². The Hall–Kier alpha value is -1.30. The first-order valence-corrected chi connectivity index (χ1v) is 5.60. The topological polar surface area (TPSA) is 90.9 Å². The molecule has 0 aliphatic heterocycles. The third-order valence-corrected chi connectivity index (χ3v) is 3.29. The van der Waals surface area contributed by atoms with Gasteiger partial charge in [-0.15, -0.1) is 0 Å². The van der Waals surface area contributed by atoms with Crippen LogP contribution < -0.4 is 11.4 Å². The Morgan fingerprint density at radius 3 is 2.62 bits per heavy atom. The highest BCUT2D eigenvalue weighted by Crippen LogP contribution is 2.32. The second kappa shape index (κ2) is 3.93. The number of aromatic amines is 2. The zero-order chi connectivity index (χ0) is 11.8. The third-order valence-electron chi connectivity index (χ3n) is 3.29. The van der Waals surface area contributed by atoms with Crippen molar-refractivity contribution in [3.8, 4) is 0 Å². The molecular formula is C10H17N3O3. The number of hydrogen-bond donors (Lipinski definition) is 3. The normalized spacial score (nSPS) is 30.5. The number of H-pyrrole nitrogens is 2. The van der Waals surface area contributed by atoms with Crippen molar-refractivity contribution in [2.24, 2.45) is 5.92 Å². The van der Waals surface area contributed by atoms with Crippen molar-refractivity contribution in [2.45, 2.75) is 44.8 Å². The monoisotopic (exact) mass is 227 g/mol. The summed E-state index contributed by atoms with van der Waals surface area (Å²) in [5.74, 6) is 0.437. The van der Waals surface area contributed by atoms with Crippen molar-refractivity contribution in [3.05, 3.63) is 21.0 Å². The van der Waals surface area contributed by atoms with Crippen molar-refractivity contribution in [1.29, 1.82) is 0 Å². The summed E-state index contributed by atoms with van der Waals surface area (Å²) in [6, 6.07) is 0. The first-order valence-electron chi connectivity index (χ1n) is 5.60. The minimum Gasteiger partial charge on any atom is -0.388 e. The van der Waals surface area contributed by atoms with Crippen LogP contribution in [0.15, 0.2) is 9.59 Å². The van der Waals surface area contributed by atoms with Gasteiger partial charge in [0.2, 0.25) is 0 Å². The van der Waals surface area contributed by atoms with E-state index in [0.717, 1.165) is 17.4 Å². The number of nitrogens with zero attached hydrogens (tertiary/aromatic N) is 1. The first kappa shape index (κ1) is 11.2. The fourth-order valence-corrected chi connectivity index (χ4v) is 2.55. The molecule has 1 aromatic rings. The van der Waals surface area contributed by atoms with E-state index >= 15 is 0 Å². The smallest absolute Gasteiger partial charge is 0.344 e. The van der Waals surface area contributed by atoms with Crippen LogP contribution in [0.4, 0.5) is 0 Å². The van der Waals surface area contributed by atoms with Crippen LogP contribution in [0, 0.1) is 5.92 Å². The van der Waals surface area contributed by atoms with Gasteiger partial charge in [-0.25, -0.2) is 24.4 Å². The number of aromatic nitrogens is 3. The van der Waals surface area contributed by atoms with Crippen LogP contribution >= 0.6 is 0 Å². The summed E-state index contributed by atoms with van der Waals surface area (Å²) in [7, 11) is 0. The van der Waals surface area contributed by atoms with Crippen LogP contribution in [0.25, 0.3) is 0 Å². The minimum atomic E-state index is -0.920. The van der Waals surface area contributed by atoms with Crippen LogP contribution in [-0.4, -0.2) is 25.5 Å². The molecule has 3 N–H and O–H groups in total. The van der Waals surface area contributed by atoms with Gasteiger partial charge in [-0.1, -0.05) is 19.8 Å². The average Bonchev–Trinajstić information content (AvgIpc) is 2.49. The van der Waals surface area contributed by atoms with Gasteiger partial charge in [-0.3, -0.25) is 0 Å². The van der Waals surface area contributed by atoms with Crippen molar-refractivity contribution in [1.82, 2.24) is 14.8 Å². The van der Waals surface area contributed by atoms with Crippen molar-refractivity contribution in [3.63, 3.8) is 0 Å². The fourth-order valence-electron chi connectivity index (χ4n) is 2.55. The zero-order valence-corrected chi connectivity index (χ0v) is 9.32. The summed E-state index contributed by atoms with van der Waals surface area (Å²) < 4.78 is 1.03. The van der Waals surface area contributed by atoms with Gasteiger partial charge in [-0.05, 0) is 18.8 Å². The highest BCUT2D eigenvalue weighted by Gasteiger charge is 2.33. The van der Waals surface area contributed by atoms with Gasteiger partial charge >= 0.3 is 11.4 Å². The maximum Gasteiger partial charge on any atom is 0.344 e. The van der Waals surface area contributed by atoms with Gasteiger partial charge in [0.1, 0.15) is 0 Å². The zero-order valence-electron chi connectivity index (χ0n) is 9.32. The number of hydrogen-bond acceptors (Lipinski definition) is 3. The van der Waals surface area contributed by atoms with E-state index in [2.05, 4.69) is 17.1 Å². The Morgan fingerprint density at radius 1 is 1.44 bits per heavy atom. The summed E-state index contributed by atoms with van der Waals surface area (Å²) in [5, 5.41) is 14.8. The summed E-state index contributed by atoms with van der Waals surface area (Å²) in [6.45, 7) is 2.16. The molecule has 6 heteroatoms. The third kappa shape index (κ3) is 2.11. The molecule has 1 aliphatic rings. The van der Waals surface area contributed by atoms with Crippen molar-refractivity contribution < 1.29 is 5.11 Å². The lowest BCUT2D eigenvalue weighted by Crippen LogP contribution is -2.44. The van der Waals surface area contributed by atoms with E-state index in [0.29, 0.717) is 18.8 Å². The molecular weight excluding hydrogens is 210 g/mol. The Balaban J connectivity index is 2.20. The van der Waals surface area contributed by atoms with Crippen LogP contribution in [0.1, 0.15) is 32.6 Å². The molecule has 6 nitrogen and oxygen atoms in total. The largest absolute Gasteiger partial charge is 0.388 e. The molecule has 0 bridgehead atoms. The quantitative estimate of drug-likeness (QED) is 0.653. The van der Waals surface area contributed by atoms with Gasteiger partial charge in [0.15, 0.2) is 0 Å². The Labute approximate surface area is 92.3 Å². The molecule has 16 heavy (non-hydrogen) atoms. The fraction of sp³-hybridized carbons (Fsp3) is 0.800. The van der Waals surface area contributed by atoms with Crippen LogP contribution in [0.3, 0.4) is 0 Å². The maximum atomic E-state index is 11.3. The Morgan fingerprint density at radius 2 is 2.06 bits per heavy atom. The molecule has 2 unspecified atom stereocenters. The lowest BCUT2D eigenvalue weighted by molar-refractivity contribution is -0.0285. The van der Waals surface area contributed by atoms with Crippen LogP contribution in [0.2, 0.25) is 0 Å². The second-order valence-corrected chi connectivity index (χ2v) is 4.87. The van der Waals surface area contributed by atoms with E-state index in [4.69, 9.17) is 0 Å². The standard InChI is InChI=1S/C10H17N3O3/c1-7-3-2-4-10(16,5-7)6-13-8(14)11-12-9(13)15/h7,16H,2-6H2,1H3,(H,11,14)(H,12,15). The maximum absolute atomic E-state index is 11.3. The van der Waals surface area contributed by atoms with E-state index in [9.17, 15) is 14.7 Å². The molecule has 1 saturated carbocycles. The molecule has 0 radical (unpaired) electrons. The lowest BCUT2D eigenvalue weighted by atomic mass is 9.79. The van der Waals surface area contributed by atoms with Gasteiger partial charge in [0.25, 0.3) is 0 Å². The molecule has 90 valence electrons. The number of nitrogens with one attached hydrogen (secondary N) is 2. The summed E-state index contributed by atoms with van der Waals surface area (Å²) in [5.41, 5.74) is -1.90. The summed E-state index contributed by atoms with van der Waals surface area (Å²) in [6.07, 6.45) is 3.33. The molecule has 2 atom stereocenters. The number of rotatable bonds is 2. The highest BCUT2D eigenvalue weighted by atomic mass is 16.3.